The highest BCUT2D eigenvalue weighted by Gasteiger charge is 2.38. The van der Waals surface area contributed by atoms with Crippen LogP contribution in [0.15, 0.2) is 0 Å². The van der Waals surface area contributed by atoms with Crippen LogP contribution in [0.2, 0.25) is 0 Å². The number of piperidine rings is 1. The van der Waals surface area contributed by atoms with Crippen LogP contribution in [0.5, 0.6) is 0 Å². The Morgan fingerprint density at radius 3 is 3.06 bits per heavy atom. The van der Waals surface area contributed by atoms with Crippen LogP contribution < -0.4 is 16.0 Å². The number of rotatable bonds is 0. The summed E-state index contributed by atoms with van der Waals surface area (Å²) in [4.78, 5) is 25.0. The Labute approximate surface area is 101 Å². The molecule has 2 rings (SSSR count). The second-order valence-corrected chi connectivity index (χ2v) is 4.84. The lowest BCUT2D eigenvalue weighted by molar-refractivity contribution is -0.125. The molecule has 3 amide bonds. The number of carbonyl (C=O) groups is 2. The van der Waals surface area contributed by atoms with Gasteiger partial charge in [-0.3, -0.25) is 4.79 Å². The fourth-order valence-electron chi connectivity index (χ4n) is 2.63. The summed E-state index contributed by atoms with van der Waals surface area (Å²) in [5.74, 6) is 0.0943. The molecule has 0 bridgehead atoms. The van der Waals surface area contributed by atoms with Gasteiger partial charge in [0.05, 0.1) is 5.54 Å². The molecule has 0 aliphatic carbocycles. The van der Waals surface area contributed by atoms with E-state index in [9.17, 15) is 9.59 Å². The summed E-state index contributed by atoms with van der Waals surface area (Å²) in [5.41, 5.74) is -0.279. The minimum absolute atomic E-state index is 0.0760. The van der Waals surface area contributed by atoms with Crippen molar-refractivity contribution in [1.82, 2.24) is 20.9 Å². The third-order valence-corrected chi connectivity index (χ3v) is 3.48. The summed E-state index contributed by atoms with van der Waals surface area (Å²) in [6, 6.07) is -0.0760. The first-order chi connectivity index (χ1) is 8.15. The van der Waals surface area contributed by atoms with Crippen LogP contribution >= 0.6 is 0 Å². The highest BCUT2D eigenvalue weighted by Crippen LogP contribution is 2.22. The molecule has 2 aliphatic rings. The quantitative estimate of drug-likeness (QED) is 0.522. The van der Waals surface area contributed by atoms with E-state index in [1.54, 1.807) is 11.9 Å². The molecule has 96 valence electrons. The number of hydrogen-bond acceptors (Lipinski definition) is 3. The molecule has 3 N–H and O–H groups in total. The Morgan fingerprint density at radius 1 is 1.53 bits per heavy atom. The maximum Gasteiger partial charge on any atom is 0.317 e. The molecule has 0 saturated carbocycles. The first kappa shape index (κ1) is 12.2. The van der Waals surface area contributed by atoms with Gasteiger partial charge in [0.15, 0.2) is 0 Å². The zero-order valence-corrected chi connectivity index (χ0v) is 10.2. The number of hydrogen-bond donors (Lipinski definition) is 3. The summed E-state index contributed by atoms with van der Waals surface area (Å²) >= 11 is 0. The maximum atomic E-state index is 11.7. The van der Waals surface area contributed by atoms with Crippen molar-refractivity contribution in [2.45, 2.75) is 24.8 Å². The summed E-state index contributed by atoms with van der Waals surface area (Å²) in [6.07, 6.45) is 2.43. The van der Waals surface area contributed by atoms with Crippen LogP contribution in [-0.2, 0) is 4.79 Å². The van der Waals surface area contributed by atoms with Gasteiger partial charge in [-0.25, -0.2) is 4.79 Å². The summed E-state index contributed by atoms with van der Waals surface area (Å²) in [6.45, 7) is 2.78. The van der Waals surface area contributed by atoms with Crippen molar-refractivity contribution in [3.05, 3.63) is 0 Å². The van der Waals surface area contributed by atoms with Gasteiger partial charge in [-0.2, -0.15) is 0 Å². The number of nitrogens with zero attached hydrogens (tertiary/aromatic N) is 1. The first-order valence-corrected chi connectivity index (χ1v) is 6.14. The smallest absolute Gasteiger partial charge is 0.317 e. The number of carbonyl (C=O) groups excluding carboxylic acids is 2. The van der Waals surface area contributed by atoms with E-state index in [0.29, 0.717) is 19.5 Å². The second kappa shape index (κ2) is 4.91. The third kappa shape index (κ3) is 2.69. The zero-order chi connectivity index (χ0) is 12.3. The molecule has 6 heteroatoms. The van der Waals surface area contributed by atoms with Crippen molar-refractivity contribution >= 4 is 11.9 Å². The van der Waals surface area contributed by atoms with Crippen molar-refractivity contribution in [3.63, 3.8) is 0 Å². The van der Waals surface area contributed by atoms with Gasteiger partial charge >= 0.3 is 6.03 Å². The van der Waals surface area contributed by atoms with E-state index in [-0.39, 0.29) is 17.5 Å². The van der Waals surface area contributed by atoms with Crippen LogP contribution in [0.3, 0.4) is 0 Å². The van der Waals surface area contributed by atoms with Crippen molar-refractivity contribution in [1.29, 1.82) is 0 Å². The Bertz CT molecular complexity index is 321. The SMILES string of the molecule is CNC(=O)N1CCNCC2(CCCC(=O)N2)C1. The van der Waals surface area contributed by atoms with Crippen molar-refractivity contribution < 1.29 is 9.59 Å². The van der Waals surface area contributed by atoms with Gasteiger partial charge in [-0.05, 0) is 12.8 Å². The highest BCUT2D eigenvalue weighted by molar-refractivity contribution is 5.78. The standard InChI is InChI=1S/C11H20N4O2/c1-12-10(17)15-6-5-13-7-11(8-15)4-2-3-9(16)14-11/h13H,2-8H2,1H3,(H,12,17)(H,14,16). The van der Waals surface area contributed by atoms with Gasteiger partial charge in [-0.1, -0.05) is 0 Å². The van der Waals surface area contributed by atoms with E-state index in [1.165, 1.54) is 0 Å². The topological polar surface area (TPSA) is 73.5 Å². The molecule has 1 atom stereocenters. The molecule has 0 aromatic carbocycles. The van der Waals surface area contributed by atoms with Gasteiger partial charge in [0.1, 0.15) is 0 Å². The summed E-state index contributed by atoms with van der Waals surface area (Å²) < 4.78 is 0. The minimum atomic E-state index is -0.279. The number of amides is 3. The lowest BCUT2D eigenvalue weighted by Gasteiger charge is -2.39. The molecular weight excluding hydrogens is 220 g/mol. The van der Waals surface area contributed by atoms with Gasteiger partial charge in [-0.15, -0.1) is 0 Å². The maximum absolute atomic E-state index is 11.7. The molecule has 0 aromatic rings. The molecule has 2 fully saturated rings. The highest BCUT2D eigenvalue weighted by atomic mass is 16.2. The van der Waals surface area contributed by atoms with Crippen LogP contribution in [-0.4, -0.2) is 55.6 Å². The van der Waals surface area contributed by atoms with Gasteiger partial charge in [0.2, 0.25) is 5.91 Å². The van der Waals surface area contributed by atoms with E-state index < -0.39 is 0 Å². The fourth-order valence-corrected chi connectivity index (χ4v) is 2.63. The van der Waals surface area contributed by atoms with Crippen molar-refractivity contribution in [2.24, 2.45) is 0 Å². The first-order valence-electron chi connectivity index (χ1n) is 6.14. The molecule has 2 heterocycles. The van der Waals surface area contributed by atoms with Crippen LogP contribution in [0.25, 0.3) is 0 Å². The minimum Gasteiger partial charge on any atom is -0.348 e. The fraction of sp³-hybridized carbons (Fsp3) is 0.818. The molecule has 0 radical (unpaired) electrons. The molecule has 6 nitrogen and oxygen atoms in total. The molecule has 1 spiro atoms. The average molecular weight is 240 g/mol. The molecular formula is C11H20N4O2. The predicted molar refractivity (Wildman–Crippen MR) is 63.6 cm³/mol. The van der Waals surface area contributed by atoms with Gasteiger partial charge < -0.3 is 20.9 Å². The van der Waals surface area contributed by atoms with Crippen LogP contribution in [0.4, 0.5) is 4.79 Å². The van der Waals surface area contributed by atoms with Crippen LogP contribution in [0, 0.1) is 0 Å². The van der Waals surface area contributed by atoms with Crippen LogP contribution in [0.1, 0.15) is 19.3 Å². The van der Waals surface area contributed by atoms with E-state index in [2.05, 4.69) is 16.0 Å². The van der Waals surface area contributed by atoms with Gasteiger partial charge in [0.25, 0.3) is 0 Å². The Hall–Kier alpha value is -1.30. The third-order valence-electron chi connectivity index (χ3n) is 3.48. The molecule has 17 heavy (non-hydrogen) atoms. The lowest BCUT2D eigenvalue weighted by Crippen LogP contribution is -2.61. The van der Waals surface area contributed by atoms with Crippen molar-refractivity contribution in [3.8, 4) is 0 Å². The monoisotopic (exact) mass is 240 g/mol. The molecule has 1 unspecified atom stereocenters. The zero-order valence-electron chi connectivity index (χ0n) is 10.2. The Balaban J connectivity index is 2.10. The normalized spacial score (nSPS) is 29.7. The summed E-state index contributed by atoms with van der Waals surface area (Å²) in [5, 5.41) is 9.00. The van der Waals surface area contributed by atoms with E-state index in [0.717, 1.165) is 25.9 Å². The number of urea groups is 1. The Morgan fingerprint density at radius 2 is 2.35 bits per heavy atom. The van der Waals surface area contributed by atoms with E-state index in [4.69, 9.17) is 0 Å². The summed E-state index contributed by atoms with van der Waals surface area (Å²) in [7, 11) is 1.63. The predicted octanol–water partition coefficient (Wildman–Crippen LogP) is -0.730. The van der Waals surface area contributed by atoms with Crippen molar-refractivity contribution in [2.75, 3.05) is 33.2 Å². The largest absolute Gasteiger partial charge is 0.348 e. The molecule has 2 aliphatic heterocycles. The van der Waals surface area contributed by atoms with E-state index in [1.807, 2.05) is 0 Å². The lowest BCUT2D eigenvalue weighted by atomic mass is 9.88. The Kier molecular flexibility index (Phi) is 3.51. The molecule has 2 saturated heterocycles. The van der Waals surface area contributed by atoms with E-state index >= 15 is 0 Å². The second-order valence-electron chi connectivity index (χ2n) is 4.84. The number of nitrogens with one attached hydrogen (secondary N) is 3. The average Bonchev–Trinajstić information content (AvgIpc) is 2.51. The van der Waals surface area contributed by atoms with Gasteiger partial charge in [0, 0.05) is 39.6 Å². The molecule has 0 aromatic heterocycles.